The number of carbonyl (C=O) groups is 3. The molecule has 0 radical (unpaired) electrons. The Balaban J connectivity index is 1.61. The minimum atomic E-state index is -0.407. The van der Waals surface area contributed by atoms with Gasteiger partial charge in [-0.1, -0.05) is 12.1 Å². The molecule has 1 atom stereocenters. The molecule has 1 unspecified atom stereocenters. The molecular weight excluding hydrogens is 409 g/mol. The molecule has 0 aliphatic carbocycles. The van der Waals surface area contributed by atoms with E-state index in [0.29, 0.717) is 48.0 Å². The lowest BCUT2D eigenvalue weighted by Crippen LogP contribution is -2.47. The second-order valence-electron chi connectivity index (χ2n) is 7.10. The number of nitrogens with zero attached hydrogens (tertiary/aromatic N) is 3. The quantitative estimate of drug-likeness (QED) is 0.655. The zero-order valence-corrected chi connectivity index (χ0v) is 17.8. The fourth-order valence-electron chi connectivity index (χ4n) is 3.35. The minimum Gasteiger partial charge on any atom is -0.466 e. The van der Waals surface area contributed by atoms with Gasteiger partial charge in [-0.2, -0.15) is 0 Å². The number of thiazole rings is 1. The lowest BCUT2D eigenvalue weighted by Gasteiger charge is -2.32. The van der Waals surface area contributed by atoms with Crippen LogP contribution in [-0.2, 0) is 14.3 Å². The normalized spacial score (nSPS) is 16.2. The number of ether oxygens (including phenoxy) is 1. The molecule has 0 spiro atoms. The van der Waals surface area contributed by atoms with Gasteiger partial charge in [0, 0.05) is 25.7 Å². The van der Waals surface area contributed by atoms with Crippen molar-refractivity contribution in [2.75, 3.05) is 33.3 Å². The van der Waals surface area contributed by atoms with Crippen LogP contribution in [0.2, 0.25) is 0 Å². The third-order valence-corrected chi connectivity index (χ3v) is 5.95. The summed E-state index contributed by atoms with van der Waals surface area (Å²) in [7, 11) is 1.54. The van der Waals surface area contributed by atoms with Crippen LogP contribution < -0.4 is 0 Å². The van der Waals surface area contributed by atoms with Crippen LogP contribution in [0.15, 0.2) is 30.5 Å². The summed E-state index contributed by atoms with van der Waals surface area (Å²) < 4.78 is 19.0. The number of likely N-dealkylation sites (N-methyl/N-ethyl adjacent to an activating group) is 1. The van der Waals surface area contributed by atoms with E-state index in [1.54, 1.807) is 30.0 Å². The first-order chi connectivity index (χ1) is 14.4. The number of hydrogen-bond acceptors (Lipinski definition) is 6. The molecule has 160 valence electrons. The van der Waals surface area contributed by atoms with Gasteiger partial charge in [-0.15, -0.1) is 11.3 Å². The van der Waals surface area contributed by atoms with Crippen molar-refractivity contribution in [2.45, 2.75) is 19.8 Å². The standard InChI is InChI=1S/C21H24FN3O4S/c1-3-29-21(28)14-7-6-10-25(12-14)18(26)13-24(2)20(27)17-11-23-19(30-17)15-8-4-5-9-16(15)22/h4-5,8-9,11,14H,3,6-7,10,12-13H2,1-2H3. The van der Waals surface area contributed by atoms with E-state index < -0.39 is 5.82 Å². The molecule has 2 amide bonds. The first-order valence-corrected chi connectivity index (χ1v) is 10.6. The smallest absolute Gasteiger partial charge is 0.310 e. The van der Waals surface area contributed by atoms with Gasteiger partial charge in [0.1, 0.15) is 15.7 Å². The van der Waals surface area contributed by atoms with Gasteiger partial charge in [-0.3, -0.25) is 14.4 Å². The zero-order valence-electron chi connectivity index (χ0n) is 17.0. The molecule has 0 saturated carbocycles. The zero-order chi connectivity index (χ0) is 21.7. The summed E-state index contributed by atoms with van der Waals surface area (Å²) in [5.41, 5.74) is 0.332. The molecule has 1 aromatic heterocycles. The van der Waals surface area contributed by atoms with Gasteiger partial charge in [-0.05, 0) is 31.9 Å². The fraction of sp³-hybridized carbons (Fsp3) is 0.429. The van der Waals surface area contributed by atoms with Crippen LogP contribution in [0.5, 0.6) is 0 Å². The van der Waals surface area contributed by atoms with Crippen molar-refractivity contribution in [3.8, 4) is 10.6 Å². The van der Waals surface area contributed by atoms with E-state index >= 15 is 0 Å². The van der Waals surface area contributed by atoms with Gasteiger partial charge in [0.25, 0.3) is 5.91 Å². The fourth-order valence-corrected chi connectivity index (χ4v) is 4.29. The highest BCUT2D eigenvalue weighted by atomic mass is 32.1. The van der Waals surface area contributed by atoms with Crippen molar-refractivity contribution in [2.24, 2.45) is 5.92 Å². The van der Waals surface area contributed by atoms with E-state index in [0.717, 1.165) is 11.3 Å². The van der Waals surface area contributed by atoms with Crippen LogP contribution in [0.3, 0.4) is 0 Å². The highest BCUT2D eigenvalue weighted by Gasteiger charge is 2.30. The summed E-state index contributed by atoms with van der Waals surface area (Å²) >= 11 is 1.08. The van der Waals surface area contributed by atoms with Crippen LogP contribution >= 0.6 is 11.3 Å². The number of esters is 1. The van der Waals surface area contributed by atoms with Crippen LogP contribution in [-0.4, -0.2) is 65.9 Å². The van der Waals surface area contributed by atoms with E-state index in [9.17, 15) is 18.8 Å². The number of carbonyl (C=O) groups excluding carboxylic acids is 3. The Morgan fingerprint density at radius 3 is 2.83 bits per heavy atom. The molecule has 30 heavy (non-hydrogen) atoms. The Morgan fingerprint density at radius 1 is 1.33 bits per heavy atom. The predicted molar refractivity (Wildman–Crippen MR) is 110 cm³/mol. The molecule has 3 rings (SSSR count). The molecule has 0 N–H and O–H groups in total. The number of amides is 2. The first kappa shape index (κ1) is 21.9. The van der Waals surface area contributed by atoms with E-state index in [4.69, 9.17) is 4.74 Å². The van der Waals surface area contributed by atoms with Gasteiger partial charge in [0.05, 0.1) is 25.3 Å². The van der Waals surface area contributed by atoms with Gasteiger partial charge >= 0.3 is 5.97 Å². The maximum atomic E-state index is 13.9. The molecule has 7 nitrogen and oxygen atoms in total. The average molecular weight is 434 g/mol. The lowest BCUT2D eigenvalue weighted by atomic mass is 9.98. The first-order valence-electron chi connectivity index (χ1n) is 9.81. The summed E-state index contributed by atoms with van der Waals surface area (Å²) in [6, 6.07) is 6.23. The summed E-state index contributed by atoms with van der Waals surface area (Å²) in [5, 5.41) is 0.407. The van der Waals surface area contributed by atoms with E-state index in [1.165, 1.54) is 24.2 Å². The Labute approximate surface area is 178 Å². The maximum Gasteiger partial charge on any atom is 0.310 e. The highest BCUT2D eigenvalue weighted by molar-refractivity contribution is 7.16. The number of benzene rings is 1. The SMILES string of the molecule is CCOC(=O)C1CCCN(C(=O)CN(C)C(=O)c2cnc(-c3ccccc3F)s2)C1. The molecule has 1 aromatic carbocycles. The van der Waals surface area contributed by atoms with Crippen molar-refractivity contribution in [3.63, 3.8) is 0 Å². The largest absolute Gasteiger partial charge is 0.466 e. The Hall–Kier alpha value is -2.81. The molecule has 2 heterocycles. The van der Waals surface area contributed by atoms with Crippen LogP contribution in [0, 0.1) is 11.7 Å². The number of halogens is 1. The minimum absolute atomic E-state index is 0.110. The summed E-state index contributed by atoms with van der Waals surface area (Å²) in [6.07, 6.45) is 2.80. The van der Waals surface area contributed by atoms with Gasteiger partial charge in [0.2, 0.25) is 5.91 Å². The lowest BCUT2D eigenvalue weighted by molar-refractivity contribution is -0.151. The molecule has 1 aliphatic heterocycles. The van der Waals surface area contributed by atoms with E-state index in [2.05, 4.69) is 4.98 Å². The second-order valence-corrected chi connectivity index (χ2v) is 8.13. The number of hydrogen-bond donors (Lipinski definition) is 0. The van der Waals surface area contributed by atoms with Crippen LogP contribution in [0.1, 0.15) is 29.4 Å². The Kier molecular flexibility index (Phi) is 7.15. The summed E-state index contributed by atoms with van der Waals surface area (Å²) in [5.74, 6) is -1.60. The van der Waals surface area contributed by atoms with Gasteiger partial charge < -0.3 is 14.5 Å². The van der Waals surface area contributed by atoms with Crippen molar-refractivity contribution in [1.29, 1.82) is 0 Å². The molecule has 1 fully saturated rings. The topological polar surface area (TPSA) is 79.8 Å². The van der Waals surface area contributed by atoms with Gasteiger partial charge in [-0.25, -0.2) is 9.37 Å². The molecule has 1 aliphatic rings. The van der Waals surface area contributed by atoms with Crippen molar-refractivity contribution < 1.29 is 23.5 Å². The number of rotatable bonds is 6. The van der Waals surface area contributed by atoms with E-state index in [-0.39, 0.29) is 30.2 Å². The molecular formula is C21H24FN3O4S. The Bertz CT molecular complexity index is 932. The molecule has 9 heteroatoms. The van der Waals surface area contributed by atoms with E-state index in [1.807, 2.05) is 0 Å². The second kappa shape index (κ2) is 9.80. The monoisotopic (exact) mass is 433 g/mol. The third kappa shape index (κ3) is 5.02. The van der Waals surface area contributed by atoms with Crippen molar-refractivity contribution in [1.82, 2.24) is 14.8 Å². The Morgan fingerprint density at radius 2 is 2.10 bits per heavy atom. The van der Waals surface area contributed by atoms with Crippen molar-refractivity contribution >= 4 is 29.1 Å². The van der Waals surface area contributed by atoms with Crippen LogP contribution in [0.25, 0.3) is 10.6 Å². The maximum absolute atomic E-state index is 13.9. The summed E-state index contributed by atoms with van der Waals surface area (Å²) in [4.78, 5) is 44.7. The molecule has 1 saturated heterocycles. The predicted octanol–water partition coefficient (Wildman–Crippen LogP) is 2.82. The number of likely N-dealkylation sites (tertiary alicyclic amines) is 1. The number of piperidine rings is 1. The average Bonchev–Trinajstić information content (AvgIpc) is 3.23. The van der Waals surface area contributed by atoms with Crippen molar-refractivity contribution in [3.05, 3.63) is 41.2 Å². The summed E-state index contributed by atoms with van der Waals surface area (Å²) in [6.45, 7) is 2.80. The van der Waals surface area contributed by atoms with Gasteiger partial charge in [0.15, 0.2) is 0 Å². The number of aromatic nitrogens is 1. The van der Waals surface area contributed by atoms with Crippen LogP contribution in [0.4, 0.5) is 4.39 Å². The molecule has 2 aromatic rings. The third-order valence-electron chi connectivity index (χ3n) is 4.93. The highest BCUT2D eigenvalue weighted by Crippen LogP contribution is 2.28. The molecule has 0 bridgehead atoms.